The van der Waals surface area contributed by atoms with Gasteiger partial charge in [-0.05, 0) is 28.1 Å². The molecular weight excluding hydrogens is 278 g/mol. The van der Waals surface area contributed by atoms with Crippen LogP contribution < -0.4 is 15.9 Å². The maximum Gasteiger partial charge on any atom is 0.332 e. The van der Waals surface area contributed by atoms with Crippen LogP contribution in [0, 0.1) is 0 Å². The highest BCUT2D eigenvalue weighted by Crippen LogP contribution is 2.31. The van der Waals surface area contributed by atoms with Gasteiger partial charge in [0.05, 0.1) is 17.8 Å². The molecule has 0 aliphatic heterocycles. The van der Waals surface area contributed by atoms with Crippen molar-refractivity contribution in [2.24, 2.45) is 10.8 Å². The number of nitrogens with zero attached hydrogens (tertiary/aromatic N) is 1. The third-order valence-corrected chi connectivity index (χ3v) is 2.28. The van der Waals surface area contributed by atoms with Crippen molar-refractivity contribution in [3.05, 3.63) is 22.2 Å². The highest BCUT2D eigenvalue weighted by atomic mass is 79.9. The predicted molar refractivity (Wildman–Crippen MR) is 62.7 cm³/mol. The van der Waals surface area contributed by atoms with E-state index in [1.807, 2.05) is 5.43 Å². The normalized spacial score (nSPS) is 10.4. The lowest BCUT2D eigenvalue weighted by atomic mass is 10.2. The predicted octanol–water partition coefficient (Wildman–Crippen LogP) is 1.17. The van der Waals surface area contributed by atoms with E-state index in [2.05, 4.69) is 21.0 Å². The van der Waals surface area contributed by atoms with Crippen LogP contribution in [0.1, 0.15) is 5.56 Å². The third kappa shape index (κ3) is 3.13. The Bertz CT molecular complexity index is 434. The van der Waals surface area contributed by atoms with Gasteiger partial charge in [-0.1, -0.05) is 0 Å². The van der Waals surface area contributed by atoms with Gasteiger partial charge in [0.2, 0.25) is 0 Å². The monoisotopic (exact) mass is 287 g/mol. The fourth-order valence-electron chi connectivity index (χ4n) is 0.976. The Kier molecular flexibility index (Phi) is 4.12. The van der Waals surface area contributed by atoms with E-state index in [4.69, 9.17) is 10.5 Å². The molecule has 16 heavy (non-hydrogen) atoms. The number of ether oxygens (including phenoxy) is 1. The summed E-state index contributed by atoms with van der Waals surface area (Å²) in [6.07, 6.45) is 1.26. The van der Waals surface area contributed by atoms with Gasteiger partial charge in [-0.15, -0.1) is 0 Å². The molecule has 1 rings (SSSR count). The van der Waals surface area contributed by atoms with E-state index in [0.717, 1.165) is 0 Å². The second-order valence-electron chi connectivity index (χ2n) is 2.78. The van der Waals surface area contributed by atoms with Crippen molar-refractivity contribution in [3.63, 3.8) is 0 Å². The first-order valence-electron chi connectivity index (χ1n) is 4.19. The number of urea groups is 1. The number of hydrogen-bond acceptors (Lipinski definition) is 4. The van der Waals surface area contributed by atoms with Crippen LogP contribution in [-0.2, 0) is 0 Å². The van der Waals surface area contributed by atoms with E-state index >= 15 is 0 Å². The maximum atomic E-state index is 10.4. The van der Waals surface area contributed by atoms with Crippen LogP contribution in [0.5, 0.6) is 11.5 Å². The highest BCUT2D eigenvalue weighted by molar-refractivity contribution is 9.10. The average molecular weight is 288 g/mol. The average Bonchev–Trinajstić information content (AvgIpc) is 2.23. The van der Waals surface area contributed by atoms with Crippen LogP contribution in [0.15, 0.2) is 21.7 Å². The van der Waals surface area contributed by atoms with Crippen molar-refractivity contribution >= 4 is 28.2 Å². The van der Waals surface area contributed by atoms with Crippen LogP contribution in [-0.4, -0.2) is 24.5 Å². The Morgan fingerprint density at radius 2 is 2.38 bits per heavy atom. The lowest BCUT2D eigenvalue weighted by molar-refractivity contribution is 0.249. The molecule has 2 amide bonds. The number of phenols is 1. The fraction of sp³-hybridized carbons (Fsp3) is 0.111. The molecule has 0 fully saturated rings. The van der Waals surface area contributed by atoms with Gasteiger partial charge in [0.1, 0.15) is 11.5 Å². The second kappa shape index (κ2) is 5.36. The number of halogens is 1. The Labute approximate surface area is 100 Å². The van der Waals surface area contributed by atoms with Gasteiger partial charge in [-0.25, -0.2) is 10.2 Å². The molecule has 0 atom stereocenters. The van der Waals surface area contributed by atoms with Crippen molar-refractivity contribution in [1.82, 2.24) is 5.43 Å². The van der Waals surface area contributed by atoms with Gasteiger partial charge < -0.3 is 15.6 Å². The quantitative estimate of drug-likeness (QED) is 0.575. The van der Waals surface area contributed by atoms with Gasteiger partial charge in [0, 0.05) is 5.56 Å². The van der Waals surface area contributed by atoms with Crippen molar-refractivity contribution in [1.29, 1.82) is 0 Å². The smallest absolute Gasteiger partial charge is 0.332 e. The number of carbonyl (C=O) groups is 1. The maximum absolute atomic E-state index is 10.4. The number of primary amides is 1. The SMILES string of the molecule is COc1cc(Br)c(O)c(C=NNC(N)=O)c1. The van der Waals surface area contributed by atoms with Crippen molar-refractivity contribution < 1.29 is 14.6 Å². The molecule has 0 unspecified atom stereocenters. The minimum absolute atomic E-state index is 0.00387. The Morgan fingerprint density at radius 1 is 1.69 bits per heavy atom. The summed E-state index contributed by atoms with van der Waals surface area (Å²) in [5.41, 5.74) is 7.23. The molecule has 1 aromatic carbocycles. The molecule has 0 spiro atoms. The van der Waals surface area contributed by atoms with E-state index in [1.54, 1.807) is 12.1 Å². The highest BCUT2D eigenvalue weighted by Gasteiger charge is 2.06. The van der Waals surface area contributed by atoms with E-state index in [1.165, 1.54) is 13.3 Å². The molecule has 86 valence electrons. The number of methoxy groups -OCH3 is 1. The van der Waals surface area contributed by atoms with Crippen LogP contribution in [0.2, 0.25) is 0 Å². The van der Waals surface area contributed by atoms with Crippen molar-refractivity contribution in [3.8, 4) is 11.5 Å². The molecule has 7 heteroatoms. The largest absolute Gasteiger partial charge is 0.506 e. The lowest BCUT2D eigenvalue weighted by Gasteiger charge is -2.05. The first-order valence-corrected chi connectivity index (χ1v) is 4.99. The van der Waals surface area contributed by atoms with Crippen LogP contribution in [0.25, 0.3) is 0 Å². The zero-order valence-corrected chi connectivity index (χ0v) is 9.98. The van der Waals surface area contributed by atoms with E-state index < -0.39 is 6.03 Å². The number of benzene rings is 1. The Hall–Kier alpha value is -1.76. The van der Waals surface area contributed by atoms with E-state index in [-0.39, 0.29) is 5.75 Å². The van der Waals surface area contributed by atoms with Crippen LogP contribution >= 0.6 is 15.9 Å². The van der Waals surface area contributed by atoms with Gasteiger partial charge >= 0.3 is 6.03 Å². The molecule has 0 saturated carbocycles. The summed E-state index contributed by atoms with van der Waals surface area (Å²) in [5.74, 6) is 0.543. The molecule has 6 nitrogen and oxygen atoms in total. The molecule has 0 aromatic heterocycles. The number of amides is 2. The summed E-state index contributed by atoms with van der Waals surface area (Å²) in [7, 11) is 1.50. The fourth-order valence-corrected chi connectivity index (χ4v) is 1.43. The van der Waals surface area contributed by atoms with E-state index in [0.29, 0.717) is 15.8 Å². The Balaban J connectivity index is 2.98. The lowest BCUT2D eigenvalue weighted by Crippen LogP contribution is -2.24. The van der Waals surface area contributed by atoms with Gasteiger partial charge in [0.15, 0.2) is 0 Å². The van der Waals surface area contributed by atoms with Gasteiger partial charge in [-0.3, -0.25) is 0 Å². The summed E-state index contributed by atoms with van der Waals surface area (Å²) in [6, 6.07) is 2.39. The summed E-state index contributed by atoms with van der Waals surface area (Å²) < 4.78 is 5.47. The topological polar surface area (TPSA) is 96.9 Å². The molecular formula is C9H10BrN3O3. The minimum Gasteiger partial charge on any atom is -0.506 e. The molecule has 0 aliphatic carbocycles. The molecule has 4 N–H and O–H groups in total. The van der Waals surface area contributed by atoms with Crippen molar-refractivity contribution in [2.45, 2.75) is 0 Å². The number of carbonyl (C=O) groups excluding carboxylic acids is 1. The molecule has 1 aromatic rings. The van der Waals surface area contributed by atoms with Crippen LogP contribution in [0.3, 0.4) is 0 Å². The van der Waals surface area contributed by atoms with E-state index in [9.17, 15) is 9.90 Å². The molecule has 0 saturated heterocycles. The first kappa shape index (κ1) is 12.3. The third-order valence-electron chi connectivity index (χ3n) is 1.68. The summed E-state index contributed by atoms with van der Waals surface area (Å²) in [4.78, 5) is 10.4. The second-order valence-corrected chi connectivity index (χ2v) is 3.64. The van der Waals surface area contributed by atoms with Crippen LogP contribution in [0.4, 0.5) is 4.79 Å². The summed E-state index contributed by atoms with van der Waals surface area (Å²) in [6.45, 7) is 0. The molecule has 0 heterocycles. The van der Waals surface area contributed by atoms with Gasteiger partial charge in [-0.2, -0.15) is 5.10 Å². The Morgan fingerprint density at radius 3 is 2.94 bits per heavy atom. The number of hydrazone groups is 1. The molecule has 0 radical (unpaired) electrons. The molecule has 0 bridgehead atoms. The number of rotatable bonds is 3. The number of phenolic OH excluding ortho intramolecular Hbond substituents is 1. The number of nitrogens with one attached hydrogen (secondary N) is 1. The number of nitrogens with two attached hydrogens (primary N) is 1. The summed E-state index contributed by atoms with van der Waals surface area (Å²) in [5, 5.41) is 13.2. The van der Waals surface area contributed by atoms with Gasteiger partial charge in [0.25, 0.3) is 0 Å². The zero-order chi connectivity index (χ0) is 12.1. The minimum atomic E-state index is -0.780. The first-order chi connectivity index (χ1) is 7.54. The zero-order valence-electron chi connectivity index (χ0n) is 8.40. The standard InChI is InChI=1S/C9H10BrN3O3/c1-16-6-2-5(4-12-13-9(11)15)8(14)7(10)3-6/h2-4,14H,1H3,(H3,11,13,15). The molecule has 0 aliphatic rings. The van der Waals surface area contributed by atoms with Crippen molar-refractivity contribution in [2.75, 3.05) is 7.11 Å². The number of hydrogen-bond donors (Lipinski definition) is 3. The number of aromatic hydroxyl groups is 1. The summed E-state index contributed by atoms with van der Waals surface area (Å²) >= 11 is 3.15.